The lowest BCUT2D eigenvalue weighted by Crippen LogP contribution is -2.37. The third kappa shape index (κ3) is 3.63. The number of likely N-dealkylation sites (tertiary alicyclic amines) is 1. The van der Waals surface area contributed by atoms with Gasteiger partial charge in [-0.15, -0.1) is 22.7 Å². The van der Waals surface area contributed by atoms with Crippen molar-refractivity contribution in [3.05, 3.63) is 34.5 Å². The van der Waals surface area contributed by atoms with Crippen molar-refractivity contribution in [3.8, 4) is 10.7 Å². The third-order valence-corrected chi connectivity index (χ3v) is 5.83. The van der Waals surface area contributed by atoms with Gasteiger partial charge in [-0.1, -0.05) is 11.2 Å². The maximum atomic E-state index is 12.2. The Balaban J connectivity index is 1.33. The fraction of sp³-hybridized carbons (Fsp3) is 0.375. The Morgan fingerprint density at radius 1 is 1.32 bits per heavy atom. The number of carbonyl (C=O) groups is 1. The fourth-order valence-corrected chi connectivity index (χ4v) is 4.16. The average molecular weight is 375 g/mol. The number of anilines is 1. The molecule has 0 saturated carbocycles. The van der Waals surface area contributed by atoms with E-state index in [0.29, 0.717) is 29.1 Å². The van der Waals surface area contributed by atoms with E-state index in [1.807, 2.05) is 17.5 Å². The molecule has 0 bridgehead atoms. The van der Waals surface area contributed by atoms with Crippen molar-refractivity contribution in [1.29, 1.82) is 0 Å². The molecule has 0 spiro atoms. The van der Waals surface area contributed by atoms with Crippen LogP contribution in [0.15, 0.2) is 27.4 Å². The zero-order valence-corrected chi connectivity index (χ0v) is 15.1. The average Bonchev–Trinajstić information content (AvgIpc) is 3.36. The van der Waals surface area contributed by atoms with Gasteiger partial charge < -0.3 is 10.3 Å². The van der Waals surface area contributed by atoms with Crippen LogP contribution in [-0.2, 0) is 0 Å². The number of nitrogen functional groups attached to an aromatic ring is 1. The molecule has 4 rings (SSSR count). The van der Waals surface area contributed by atoms with Crippen LogP contribution in [0.5, 0.6) is 0 Å². The highest BCUT2D eigenvalue weighted by atomic mass is 32.1. The van der Waals surface area contributed by atoms with Gasteiger partial charge in [-0.2, -0.15) is 4.98 Å². The Hall–Kier alpha value is -2.10. The molecule has 2 N–H and O–H groups in total. The summed E-state index contributed by atoms with van der Waals surface area (Å²) in [6.07, 6.45) is 1.80. The quantitative estimate of drug-likeness (QED) is 0.685. The number of hydrogen-bond donors (Lipinski definition) is 1. The van der Waals surface area contributed by atoms with Crippen molar-refractivity contribution in [1.82, 2.24) is 20.0 Å². The maximum absolute atomic E-state index is 12.2. The summed E-state index contributed by atoms with van der Waals surface area (Å²) in [5.41, 5.74) is 6.05. The molecular weight excluding hydrogens is 358 g/mol. The van der Waals surface area contributed by atoms with Crippen LogP contribution in [0.4, 0.5) is 5.13 Å². The lowest BCUT2D eigenvalue weighted by Gasteiger charge is -2.29. The van der Waals surface area contributed by atoms with E-state index in [9.17, 15) is 4.79 Å². The van der Waals surface area contributed by atoms with E-state index in [1.54, 1.807) is 16.7 Å². The second-order valence-corrected chi connectivity index (χ2v) is 7.82. The lowest BCUT2D eigenvalue weighted by atomic mass is 9.96. The Morgan fingerprint density at radius 3 is 2.84 bits per heavy atom. The van der Waals surface area contributed by atoms with Crippen LogP contribution in [0.1, 0.15) is 35.1 Å². The second kappa shape index (κ2) is 7.03. The number of rotatable bonds is 5. The number of nitrogens with two attached hydrogens (primary N) is 1. The van der Waals surface area contributed by atoms with Gasteiger partial charge in [0.25, 0.3) is 0 Å². The summed E-state index contributed by atoms with van der Waals surface area (Å²) in [7, 11) is 0. The summed E-state index contributed by atoms with van der Waals surface area (Å²) in [4.78, 5) is 24.0. The minimum absolute atomic E-state index is 0.0178. The van der Waals surface area contributed by atoms with Gasteiger partial charge in [0.05, 0.1) is 11.4 Å². The van der Waals surface area contributed by atoms with Gasteiger partial charge >= 0.3 is 0 Å². The van der Waals surface area contributed by atoms with Gasteiger partial charge in [0.15, 0.2) is 10.9 Å². The minimum Gasteiger partial charge on any atom is -0.375 e. The SMILES string of the molecule is Nc1nc(C(=O)CN2CCC(c3nc(-c4cccs4)no3)CC2)cs1. The molecule has 9 heteroatoms. The van der Waals surface area contributed by atoms with Gasteiger partial charge in [0.1, 0.15) is 5.69 Å². The molecule has 4 heterocycles. The van der Waals surface area contributed by atoms with E-state index in [-0.39, 0.29) is 11.7 Å². The van der Waals surface area contributed by atoms with Crippen LogP contribution in [-0.4, -0.2) is 45.4 Å². The van der Waals surface area contributed by atoms with E-state index in [1.165, 1.54) is 11.3 Å². The van der Waals surface area contributed by atoms with Crippen molar-refractivity contribution >= 4 is 33.6 Å². The number of Topliss-reactive ketones (excluding diaryl/α,β-unsaturated/α-hetero) is 1. The summed E-state index contributed by atoms with van der Waals surface area (Å²) < 4.78 is 5.45. The predicted molar refractivity (Wildman–Crippen MR) is 96.9 cm³/mol. The first kappa shape index (κ1) is 16.4. The number of nitrogens with zero attached hydrogens (tertiary/aromatic N) is 4. The highest BCUT2D eigenvalue weighted by Gasteiger charge is 2.27. The zero-order chi connectivity index (χ0) is 17.2. The molecule has 0 aromatic carbocycles. The molecule has 3 aromatic rings. The molecule has 1 saturated heterocycles. The van der Waals surface area contributed by atoms with Gasteiger partial charge in [-0.25, -0.2) is 4.98 Å². The Kier molecular flexibility index (Phi) is 4.60. The van der Waals surface area contributed by atoms with Crippen LogP contribution >= 0.6 is 22.7 Å². The highest BCUT2D eigenvalue weighted by molar-refractivity contribution is 7.13. The van der Waals surface area contributed by atoms with Crippen molar-refractivity contribution in [2.75, 3.05) is 25.4 Å². The van der Waals surface area contributed by atoms with Gasteiger partial charge in [-0.05, 0) is 37.4 Å². The number of aromatic nitrogens is 3. The second-order valence-electron chi connectivity index (χ2n) is 5.98. The Labute approximate surface area is 152 Å². The molecule has 1 fully saturated rings. The topological polar surface area (TPSA) is 98.1 Å². The number of thiophene rings is 1. The maximum Gasteiger partial charge on any atom is 0.230 e. The molecule has 0 atom stereocenters. The van der Waals surface area contributed by atoms with E-state index >= 15 is 0 Å². The van der Waals surface area contributed by atoms with E-state index < -0.39 is 0 Å². The molecular formula is C16H17N5O2S2. The number of carbonyl (C=O) groups excluding carboxylic acids is 1. The summed E-state index contributed by atoms with van der Waals surface area (Å²) in [5, 5.41) is 8.23. The molecule has 25 heavy (non-hydrogen) atoms. The third-order valence-electron chi connectivity index (χ3n) is 4.29. The molecule has 0 unspecified atom stereocenters. The number of thiazole rings is 1. The first-order valence-corrected chi connectivity index (χ1v) is 9.79. The normalized spacial score (nSPS) is 16.3. The van der Waals surface area contributed by atoms with Gasteiger partial charge in [0.2, 0.25) is 11.7 Å². The number of ketones is 1. The summed E-state index contributed by atoms with van der Waals surface area (Å²) in [6.45, 7) is 2.03. The summed E-state index contributed by atoms with van der Waals surface area (Å²) >= 11 is 2.89. The first-order valence-electron chi connectivity index (χ1n) is 8.03. The van der Waals surface area contributed by atoms with E-state index in [0.717, 1.165) is 30.8 Å². The smallest absolute Gasteiger partial charge is 0.230 e. The molecule has 0 aliphatic carbocycles. The summed E-state index contributed by atoms with van der Waals surface area (Å²) in [6, 6.07) is 3.96. The van der Waals surface area contributed by atoms with E-state index in [2.05, 4.69) is 20.0 Å². The lowest BCUT2D eigenvalue weighted by molar-refractivity contribution is 0.0900. The fourth-order valence-electron chi connectivity index (χ4n) is 2.94. The summed E-state index contributed by atoms with van der Waals surface area (Å²) in [5.74, 6) is 1.62. The van der Waals surface area contributed by atoms with Crippen LogP contribution in [0.3, 0.4) is 0 Å². The minimum atomic E-state index is 0.0178. The van der Waals surface area contributed by atoms with Crippen LogP contribution in [0, 0.1) is 0 Å². The Morgan fingerprint density at radius 2 is 2.16 bits per heavy atom. The first-order chi connectivity index (χ1) is 12.2. The molecule has 0 amide bonds. The van der Waals surface area contributed by atoms with Crippen LogP contribution < -0.4 is 5.73 Å². The molecule has 3 aromatic heterocycles. The van der Waals surface area contributed by atoms with Crippen molar-refractivity contribution in [2.24, 2.45) is 0 Å². The van der Waals surface area contributed by atoms with E-state index in [4.69, 9.17) is 10.3 Å². The molecule has 7 nitrogen and oxygen atoms in total. The number of piperidine rings is 1. The van der Waals surface area contributed by atoms with Crippen LogP contribution in [0.25, 0.3) is 10.7 Å². The van der Waals surface area contributed by atoms with Crippen LogP contribution in [0.2, 0.25) is 0 Å². The molecule has 1 aliphatic rings. The molecule has 0 radical (unpaired) electrons. The molecule has 1 aliphatic heterocycles. The van der Waals surface area contributed by atoms with Crippen molar-refractivity contribution in [2.45, 2.75) is 18.8 Å². The monoisotopic (exact) mass is 375 g/mol. The Bertz CT molecular complexity index is 850. The predicted octanol–water partition coefficient (Wildman–Crippen LogP) is 2.90. The molecule has 130 valence electrons. The standard InChI is InChI=1S/C16H17N5O2S2/c17-16-18-11(9-25-16)12(22)8-21-5-3-10(4-6-21)15-19-14(20-23-15)13-2-1-7-24-13/h1-2,7,9-10H,3-6,8H2,(H2,17,18). The highest BCUT2D eigenvalue weighted by Crippen LogP contribution is 2.29. The zero-order valence-electron chi connectivity index (χ0n) is 13.4. The van der Waals surface area contributed by atoms with Gasteiger partial charge in [-0.3, -0.25) is 9.69 Å². The van der Waals surface area contributed by atoms with Crippen molar-refractivity contribution in [3.63, 3.8) is 0 Å². The van der Waals surface area contributed by atoms with Gasteiger partial charge in [0, 0.05) is 11.3 Å². The van der Waals surface area contributed by atoms with Crippen molar-refractivity contribution < 1.29 is 9.32 Å². The largest absolute Gasteiger partial charge is 0.375 e. The number of hydrogen-bond acceptors (Lipinski definition) is 9.